The molecule has 5 nitrogen and oxygen atoms in total. The molecule has 5 heteroatoms. The Kier molecular flexibility index (Phi) is 5.38. The van der Waals surface area contributed by atoms with E-state index >= 15 is 0 Å². The molecule has 1 aliphatic heterocycles. The molecule has 0 saturated carbocycles. The van der Waals surface area contributed by atoms with Gasteiger partial charge in [0.05, 0.1) is 5.41 Å². The molecule has 1 N–H and O–H groups in total. The van der Waals surface area contributed by atoms with E-state index in [1.54, 1.807) is 0 Å². The highest BCUT2D eigenvalue weighted by Crippen LogP contribution is 2.37. The first-order valence-corrected chi connectivity index (χ1v) is 8.35. The Labute approximate surface area is 127 Å². The first kappa shape index (κ1) is 16.4. The first-order chi connectivity index (χ1) is 10.2. The Morgan fingerprint density at radius 1 is 1.29 bits per heavy atom. The predicted molar refractivity (Wildman–Crippen MR) is 82.3 cm³/mol. The lowest BCUT2D eigenvalue weighted by molar-refractivity contribution is -0.0583. The van der Waals surface area contributed by atoms with Gasteiger partial charge in [0.2, 0.25) is 11.7 Å². The molecule has 0 aliphatic carbocycles. The highest BCUT2D eigenvalue weighted by Gasteiger charge is 2.42. The van der Waals surface area contributed by atoms with Gasteiger partial charge < -0.3 is 14.6 Å². The second kappa shape index (κ2) is 6.88. The molecule has 1 aromatic rings. The molecular formula is C16H29N3O2. The number of rotatable bonds is 8. The van der Waals surface area contributed by atoms with E-state index in [9.17, 15) is 0 Å². The van der Waals surface area contributed by atoms with Crippen LogP contribution in [0.25, 0.3) is 0 Å². The molecule has 120 valence electrons. The summed E-state index contributed by atoms with van der Waals surface area (Å²) in [7, 11) is 0. The zero-order chi connectivity index (χ0) is 15.3. The summed E-state index contributed by atoms with van der Waals surface area (Å²) in [4.78, 5) is 4.77. The molecule has 1 unspecified atom stereocenters. The van der Waals surface area contributed by atoms with Gasteiger partial charge in [-0.2, -0.15) is 4.98 Å². The summed E-state index contributed by atoms with van der Waals surface area (Å²) >= 11 is 0. The van der Waals surface area contributed by atoms with Crippen LogP contribution < -0.4 is 5.32 Å². The summed E-state index contributed by atoms with van der Waals surface area (Å²) in [6.07, 6.45) is 4.99. The quantitative estimate of drug-likeness (QED) is 0.798. The first-order valence-electron chi connectivity index (χ1n) is 8.35. The molecule has 1 aliphatic rings. The van der Waals surface area contributed by atoms with Crippen LogP contribution in [0.4, 0.5) is 0 Å². The fourth-order valence-electron chi connectivity index (χ4n) is 3.46. The van der Waals surface area contributed by atoms with Crippen LogP contribution >= 0.6 is 0 Å². The molecular weight excluding hydrogens is 266 g/mol. The topological polar surface area (TPSA) is 60.2 Å². The van der Waals surface area contributed by atoms with E-state index in [0.29, 0.717) is 12.4 Å². The van der Waals surface area contributed by atoms with Crippen molar-refractivity contribution in [3.8, 4) is 0 Å². The largest absolute Gasteiger partial charge is 0.367 e. The molecule has 1 fully saturated rings. The van der Waals surface area contributed by atoms with Gasteiger partial charge in [0.15, 0.2) is 0 Å². The fourth-order valence-corrected chi connectivity index (χ4v) is 3.46. The van der Waals surface area contributed by atoms with Crippen molar-refractivity contribution in [2.24, 2.45) is 0 Å². The lowest BCUT2D eigenvalue weighted by Gasteiger charge is -2.28. The molecule has 2 rings (SSSR count). The number of hydrogen-bond acceptors (Lipinski definition) is 5. The third kappa shape index (κ3) is 2.99. The highest BCUT2D eigenvalue weighted by molar-refractivity contribution is 5.12. The second-order valence-corrected chi connectivity index (χ2v) is 6.01. The van der Waals surface area contributed by atoms with Crippen LogP contribution in [0.2, 0.25) is 0 Å². The Hall–Kier alpha value is -0.940. The minimum Gasteiger partial charge on any atom is -0.367 e. The number of nitrogens with one attached hydrogen (secondary N) is 1. The maximum atomic E-state index is 5.98. The maximum absolute atomic E-state index is 5.98. The van der Waals surface area contributed by atoms with Gasteiger partial charge >= 0.3 is 0 Å². The van der Waals surface area contributed by atoms with Gasteiger partial charge in [-0.3, -0.25) is 0 Å². The molecule has 0 amide bonds. The SMILES string of the molecule is CCCC1(c2nc(C(CC)(CC)OCC)no2)CCNC1. The number of nitrogens with zero attached hydrogens (tertiary/aromatic N) is 2. The van der Waals surface area contributed by atoms with Crippen LogP contribution in [0.5, 0.6) is 0 Å². The maximum Gasteiger partial charge on any atom is 0.234 e. The third-order valence-electron chi connectivity index (χ3n) is 4.82. The smallest absolute Gasteiger partial charge is 0.234 e. The van der Waals surface area contributed by atoms with E-state index in [2.05, 4.69) is 31.2 Å². The van der Waals surface area contributed by atoms with Crippen LogP contribution in [-0.2, 0) is 15.8 Å². The minimum atomic E-state index is -0.407. The number of hydrogen-bond donors (Lipinski definition) is 1. The molecule has 2 heterocycles. The van der Waals surface area contributed by atoms with Crippen LogP contribution in [0.15, 0.2) is 4.52 Å². The lowest BCUT2D eigenvalue weighted by Crippen LogP contribution is -2.32. The van der Waals surface area contributed by atoms with Crippen LogP contribution in [0.3, 0.4) is 0 Å². The average molecular weight is 295 g/mol. The third-order valence-corrected chi connectivity index (χ3v) is 4.82. The van der Waals surface area contributed by atoms with E-state index in [-0.39, 0.29) is 5.41 Å². The predicted octanol–water partition coefficient (Wildman–Crippen LogP) is 3.15. The second-order valence-electron chi connectivity index (χ2n) is 6.01. The van der Waals surface area contributed by atoms with Gasteiger partial charge in [0.25, 0.3) is 0 Å². The van der Waals surface area contributed by atoms with Crippen molar-refractivity contribution in [3.63, 3.8) is 0 Å². The van der Waals surface area contributed by atoms with Gasteiger partial charge in [-0.25, -0.2) is 0 Å². The van der Waals surface area contributed by atoms with Crippen molar-refractivity contribution in [2.45, 2.75) is 70.8 Å². The lowest BCUT2D eigenvalue weighted by atomic mass is 9.82. The van der Waals surface area contributed by atoms with E-state index < -0.39 is 5.60 Å². The zero-order valence-electron chi connectivity index (χ0n) is 13.9. The Bertz CT molecular complexity index is 412. The fraction of sp³-hybridized carbons (Fsp3) is 0.875. The van der Waals surface area contributed by atoms with Gasteiger partial charge in [-0.1, -0.05) is 32.3 Å². The summed E-state index contributed by atoms with van der Waals surface area (Å²) in [6, 6.07) is 0. The minimum absolute atomic E-state index is 0.0133. The summed E-state index contributed by atoms with van der Waals surface area (Å²) in [6.45, 7) is 11.1. The zero-order valence-corrected chi connectivity index (χ0v) is 13.9. The van der Waals surface area contributed by atoms with Gasteiger partial charge in [0, 0.05) is 13.2 Å². The van der Waals surface area contributed by atoms with E-state index in [1.165, 1.54) is 0 Å². The van der Waals surface area contributed by atoms with Crippen molar-refractivity contribution in [2.75, 3.05) is 19.7 Å². The molecule has 1 aromatic heterocycles. The Morgan fingerprint density at radius 2 is 2.05 bits per heavy atom. The Balaban J connectivity index is 2.31. The van der Waals surface area contributed by atoms with E-state index in [1.807, 2.05) is 6.92 Å². The van der Waals surface area contributed by atoms with Gasteiger partial charge in [-0.05, 0) is 39.2 Å². The number of aromatic nitrogens is 2. The molecule has 0 spiro atoms. The number of ether oxygens (including phenoxy) is 1. The summed E-state index contributed by atoms with van der Waals surface area (Å²) < 4.78 is 11.7. The van der Waals surface area contributed by atoms with E-state index in [0.717, 1.165) is 51.1 Å². The monoisotopic (exact) mass is 295 g/mol. The van der Waals surface area contributed by atoms with Crippen LogP contribution in [0, 0.1) is 0 Å². The Morgan fingerprint density at radius 3 is 2.57 bits per heavy atom. The molecule has 1 atom stereocenters. The summed E-state index contributed by atoms with van der Waals surface area (Å²) in [5.41, 5.74) is -0.393. The standard InChI is InChI=1S/C16H29N3O2/c1-5-9-15(10-11-17-12-15)14-18-13(19-21-14)16(6-2,7-3)20-8-4/h17H,5-12H2,1-4H3. The van der Waals surface area contributed by atoms with Crippen molar-refractivity contribution in [1.29, 1.82) is 0 Å². The van der Waals surface area contributed by atoms with E-state index in [4.69, 9.17) is 14.2 Å². The molecule has 0 aromatic carbocycles. The average Bonchev–Trinajstić information content (AvgIpc) is 3.15. The van der Waals surface area contributed by atoms with Crippen molar-refractivity contribution in [3.05, 3.63) is 11.7 Å². The van der Waals surface area contributed by atoms with Gasteiger partial charge in [-0.15, -0.1) is 0 Å². The molecule has 21 heavy (non-hydrogen) atoms. The van der Waals surface area contributed by atoms with Crippen molar-refractivity contribution >= 4 is 0 Å². The summed E-state index contributed by atoms with van der Waals surface area (Å²) in [5, 5.41) is 7.72. The molecule has 1 saturated heterocycles. The highest BCUT2D eigenvalue weighted by atomic mass is 16.5. The summed E-state index contributed by atoms with van der Waals surface area (Å²) in [5.74, 6) is 1.50. The molecule has 0 bridgehead atoms. The normalized spacial score (nSPS) is 22.9. The van der Waals surface area contributed by atoms with Crippen LogP contribution in [0.1, 0.15) is 71.5 Å². The molecule has 0 radical (unpaired) electrons. The van der Waals surface area contributed by atoms with Crippen molar-refractivity contribution in [1.82, 2.24) is 15.5 Å². The van der Waals surface area contributed by atoms with Gasteiger partial charge in [0.1, 0.15) is 5.60 Å². The van der Waals surface area contributed by atoms with Crippen LogP contribution in [-0.4, -0.2) is 29.8 Å². The van der Waals surface area contributed by atoms with Crippen molar-refractivity contribution < 1.29 is 9.26 Å².